The van der Waals surface area contributed by atoms with Crippen LogP contribution in [0.4, 0.5) is 0 Å². The molecule has 2 saturated carbocycles. The summed E-state index contributed by atoms with van der Waals surface area (Å²) < 4.78 is 25.5. The Hall–Kier alpha value is -0.260. The molecule has 0 N–H and O–H groups in total. The molecule has 0 aromatic heterocycles. The summed E-state index contributed by atoms with van der Waals surface area (Å²) in [4.78, 5) is 11.9. The standard InChI is InChI=1S/C10H16O4S/c1-9(2)7-3-4-10(9,8(11)5-7)6-14-15(12)13/h7H,3-6H2,1-2H3,(H,12,13)/p-1/t7?,10-/m0/s1. The molecule has 0 saturated heterocycles. The van der Waals surface area contributed by atoms with Crippen molar-refractivity contribution in [1.82, 2.24) is 0 Å². The molecule has 0 spiro atoms. The predicted molar refractivity (Wildman–Crippen MR) is 53.4 cm³/mol. The van der Waals surface area contributed by atoms with Crippen LogP contribution in [0, 0.1) is 16.7 Å². The topological polar surface area (TPSA) is 66.4 Å². The van der Waals surface area contributed by atoms with Crippen molar-refractivity contribution in [2.45, 2.75) is 33.1 Å². The fourth-order valence-electron chi connectivity index (χ4n) is 3.26. The van der Waals surface area contributed by atoms with E-state index in [9.17, 15) is 13.6 Å². The first-order valence-electron chi connectivity index (χ1n) is 5.16. The van der Waals surface area contributed by atoms with Crippen LogP contribution >= 0.6 is 0 Å². The van der Waals surface area contributed by atoms with Gasteiger partial charge < -0.3 is 4.55 Å². The highest BCUT2D eigenvalue weighted by Gasteiger charge is 2.64. The average molecular weight is 231 g/mol. The molecule has 4 nitrogen and oxygen atoms in total. The van der Waals surface area contributed by atoms with E-state index in [-0.39, 0.29) is 17.8 Å². The second-order valence-corrected chi connectivity index (χ2v) is 5.78. The minimum absolute atomic E-state index is 0.0193. The second-order valence-electron chi connectivity index (χ2n) is 5.13. The summed E-state index contributed by atoms with van der Waals surface area (Å²) in [5.74, 6) is 0.572. The summed E-state index contributed by atoms with van der Waals surface area (Å²) in [6, 6.07) is 0. The van der Waals surface area contributed by atoms with Crippen LogP contribution in [0.1, 0.15) is 33.1 Å². The smallest absolute Gasteiger partial charge is 0.142 e. The maximum absolute atomic E-state index is 11.9. The molecule has 2 bridgehead atoms. The van der Waals surface area contributed by atoms with Gasteiger partial charge in [0, 0.05) is 6.42 Å². The zero-order valence-electron chi connectivity index (χ0n) is 8.95. The first-order valence-corrected chi connectivity index (χ1v) is 6.16. The van der Waals surface area contributed by atoms with Gasteiger partial charge in [-0.1, -0.05) is 13.8 Å². The van der Waals surface area contributed by atoms with E-state index in [1.54, 1.807) is 0 Å². The van der Waals surface area contributed by atoms with Crippen molar-refractivity contribution in [3.05, 3.63) is 0 Å². The number of hydrogen-bond donors (Lipinski definition) is 0. The number of hydrogen-bond acceptors (Lipinski definition) is 4. The van der Waals surface area contributed by atoms with Crippen molar-refractivity contribution in [1.29, 1.82) is 0 Å². The third-order valence-corrected chi connectivity index (χ3v) is 4.85. The van der Waals surface area contributed by atoms with Crippen molar-refractivity contribution in [3.8, 4) is 0 Å². The zero-order chi connectivity index (χ0) is 11.3. The second kappa shape index (κ2) is 3.37. The molecule has 5 heteroatoms. The summed E-state index contributed by atoms with van der Waals surface area (Å²) >= 11 is -2.52. The summed E-state index contributed by atoms with van der Waals surface area (Å²) in [6.45, 7) is 4.12. The lowest BCUT2D eigenvalue weighted by Crippen LogP contribution is -2.40. The van der Waals surface area contributed by atoms with E-state index in [2.05, 4.69) is 4.18 Å². The van der Waals surface area contributed by atoms with Gasteiger partial charge in [0.05, 0.1) is 23.4 Å². The van der Waals surface area contributed by atoms with Crippen LogP contribution < -0.4 is 0 Å². The summed E-state index contributed by atoms with van der Waals surface area (Å²) in [7, 11) is 0. The minimum atomic E-state index is -2.52. The Morgan fingerprint density at radius 3 is 2.67 bits per heavy atom. The molecule has 2 aliphatic rings. The quantitative estimate of drug-likeness (QED) is 0.684. The summed E-state index contributed by atoms with van der Waals surface area (Å²) in [5.41, 5.74) is -0.679. The van der Waals surface area contributed by atoms with Crippen molar-refractivity contribution in [2.24, 2.45) is 16.7 Å². The fraction of sp³-hybridized carbons (Fsp3) is 0.900. The van der Waals surface area contributed by atoms with Crippen LogP contribution in [0.5, 0.6) is 0 Å². The highest BCUT2D eigenvalue weighted by Crippen LogP contribution is 2.63. The number of carbonyl (C=O) groups is 1. The molecule has 2 unspecified atom stereocenters. The Morgan fingerprint density at radius 2 is 2.27 bits per heavy atom. The number of fused-ring (bicyclic) bond motifs is 2. The predicted octanol–water partition coefficient (Wildman–Crippen LogP) is 1.19. The van der Waals surface area contributed by atoms with Gasteiger partial charge in [0.2, 0.25) is 0 Å². The van der Waals surface area contributed by atoms with E-state index in [0.29, 0.717) is 12.3 Å². The number of rotatable bonds is 3. The summed E-state index contributed by atoms with van der Waals surface area (Å²) in [6.07, 6.45) is 2.36. The van der Waals surface area contributed by atoms with Gasteiger partial charge in [-0.3, -0.25) is 8.98 Å². The van der Waals surface area contributed by atoms with Crippen LogP contribution in [-0.4, -0.2) is 21.2 Å². The largest absolute Gasteiger partial charge is 0.750 e. The third-order valence-electron chi connectivity index (χ3n) is 4.54. The number of carbonyl (C=O) groups excluding carboxylic acids is 1. The molecule has 0 heterocycles. The van der Waals surface area contributed by atoms with Crippen molar-refractivity contribution >= 4 is 17.1 Å². The molecule has 0 aromatic carbocycles. The molecule has 0 aliphatic heterocycles. The van der Waals surface area contributed by atoms with Gasteiger partial charge in [0.1, 0.15) is 5.78 Å². The average Bonchev–Trinajstić information content (AvgIpc) is 2.47. The van der Waals surface area contributed by atoms with Crippen molar-refractivity contribution in [3.63, 3.8) is 0 Å². The van der Waals surface area contributed by atoms with E-state index in [1.165, 1.54) is 0 Å². The van der Waals surface area contributed by atoms with Gasteiger partial charge in [-0.05, 0) is 24.2 Å². The normalized spacial score (nSPS) is 39.7. The van der Waals surface area contributed by atoms with Gasteiger partial charge in [-0.15, -0.1) is 0 Å². The van der Waals surface area contributed by atoms with E-state index in [4.69, 9.17) is 0 Å². The maximum atomic E-state index is 11.9. The van der Waals surface area contributed by atoms with Gasteiger partial charge in [-0.2, -0.15) is 0 Å². The van der Waals surface area contributed by atoms with E-state index in [1.807, 2.05) is 13.8 Å². The molecule has 86 valence electrons. The van der Waals surface area contributed by atoms with Crippen LogP contribution in [0.2, 0.25) is 0 Å². The van der Waals surface area contributed by atoms with Crippen molar-refractivity contribution < 1.29 is 17.7 Å². The molecule has 15 heavy (non-hydrogen) atoms. The Balaban J connectivity index is 2.24. The maximum Gasteiger partial charge on any atom is 0.142 e. The van der Waals surface area contributed by atoms with Gasteiger partial charge >= 0.3 is 0 Å². The molecule has 2 fully saturated rings. The molecule has 0 amide bonds. The van der Waals surface area contributed by atoms with E-state index < -0.39 is 16.8 Å². The molecule has 3 atom stereocenters. The third kappa shape index (κ3) is 1.40. The van der Waals surface area contributed by atoms with Crippen LogP contribution in [0.3, 0.4) is 0 Å². The Labute approximate surface area is 91.9 Å². The zero-order valence-corrected chi connectivity index (χ0v) is 9.76. The first-order chi connectivity index (χ1) is 6.90. The number of Topliss-reactive ketones (excluding diaryl/α,β-unsaturated/α-hetero) is 1. The van der Waals surface area contributed by atoms with Crippen LogP contribution in [0.25, 0.3) is 0 Å². The Morgan fingerprint density at radius 1 is 1.60 bits per heavy atom. The fourth-order valence-corrected chi connectivity index (χ4v) is 3.55. The monoisotopic (exact) mass is 231 g/mol. The van der Waals surface area contributed by atoms with Crippen LogP contribution in [0.15, 0.2) is 0 Å². The molecule has 0 radical (unpaired) electrons. The minimum Gasteiger partial charge on any atom is -0.750 e. The van der Waals surface area contributed by atoms with E-state index in [0.717, 1.165) is 12.8 Å². The lowest BCUT2D eigenvalue weighted by Gasteiger charge is -2.36. The van der Waals surface area contributed by atoms with Crippen molar-refractivity contribution in [2.75, 3.05) is 6.61 Å². The highest BCUT2D eigenvalue weighted by atomic mass is 32.2. The lowest BCUT2D eigenvalue weighted by molar-refractivity contribution is -0.131. The highest BCUT2D eigenvalue weighted by molar-refractivity contribution is 7.74. The first kappa shape index (κ1) is 11.2. The van der Waals surface area contributed by atoms with E-state index >= 15 is 0 Å². The van der Waals surface area contributed by atoms with Gasteiger partial charge in [0.25, 0.3) is 0 Å². The van der Waals surface area contributed by atoms with Gasteiger partial charge in [-0.25, -0.2) is 4.21 Å². The number of ketones is 1. The van der Waals surface area contributed by atoms with Crippen LogP contribution in [-0.2, 0) is 20.3 Å². The SMILES string of the molecule is CC1(C)C2CC[C@]1(COS(=O)[O-])C(=O)C2. The van der Waals surface area contributed by atoms with Gasteiger partial charge in [0.15, 0.2) is 0 Å². The molecular formula is C10H15O4S-. The molecule has 2 aliphatic carbocycles. The Kier molecular flexibility index (Phi) is 2.52. The Bertz CT molecular complexity index is 325. The molecular weight excluding hydrogens is 216 g/mol. The molecule has 0 aromatic rings. The molecule has 2 rings (SSSR count). The summed E-state index contributed by atoms with van der Waals surface area (Å²) in [5, 5.41) is 0. The lowest BCUT2D eigenvalue weighted by atomic mass is 9.69.